The molecule has 0 spiro atoms. The van der Waals surface area contributed by atoms with Crippen LogP contribution >= 0.6 is 0 Å². The number of halogens is 2. The molecule has 0 bridgehead atoms. The fourth-order valence-electron chi connectivity index (χ4n) is 4.04. The minimum atomic E-state index is -3.94. The topological polar surface area (TPSA) is 102 Å². The van der Waals surface area contributed by atoms with Gasteiger partial charge in [-0.2, -0.15) is 8.78 Å². The second kappa shape index (κ2) is 9.30. The second-order valence-corrected chi connectivity index (χ2v) is 10.2. The number of fused-ring (bicyclic) bond motifs is 1. The summed E-state index contributed by atoms with van der Waals surface area (Å²) in [7, 11) is -3.94. The Kier molecular flexibility index (Phi) is 6.59. The van der Waals surface area contributed by atoms with E-state index in [0.717, 1.165) is 19.8 Å². The zero-order valence-corrected chi connectivity index (χ0v) is 19.7. The number of benzene rings is 2. The van der Waals surface area contributed by atoms with Gasteiger partial charge in [-0.1, -0.05) is 0 Å². The number of alkyl halides is 2. The normalized spacial score (nSPS) is 15.4. The lowest BCUT2D eigenvalue weighted by Crippen LogP contribution is -2.24. The molecule has 1 aliphatic heterocycles. The lowest BCUT2D eigenvalue weighted by molar-refractivity contribution is -0.114. The summed E-state index contributed by atoms with van der Waals surface area (Å²) in [6.45, 7) is 3.76. The van der Waals surface area contributed by atoms with Gasteiger partial charge in [-0.15, -0.1) is 0 Å². The summed E-state index contributed by atoms with van der Waals surface area (Å²) < 4.78 is 63.7. The molecule has 182 valence electrons. The zero-order valence-electron chi connectivity index (χ0n) is 18.8. The third-order valence-electron chi connectivity index (χ3n) is 5.66. The van der Waals surface area contributed by atoms with Crippen molar-refractivity contribution in [1.29, 1.82) is 0 Å². The molecular formula is C23H26F2N4O4S. The number of amides is 1. The molecule has 11 heteroatoms. The first kappa shape index (κ1) is 24.1. The van der Waals surface area contributed by atoms with Gasteiger partial charge in [-0.3, -0.25) is 9.52 Å². The van der Waals surface area contributed by atoms with Crippen molar-refractivity contribution in [3.8, 4) is 0 Å². The van der Waals surface area contributed by atoms with Crippen LogP contribution in [0, 0.1) is 5.92 Å². The molecule has 3 aromatic rings. The van der Waals surface area contributed by atoms with Crippen molar-refractivity contribution in [2.75, 3.05) is 23.3 Å². The Bertz CT molecular complexity index is 1290. The Balaban J connectivity index is 1.62. The highest BCUT2D eigenvalue weighted by atomic mass is 32.2. The summed E-state index contributed by atoms with van der Waals surface area (Å²) in [5, 5.41) is 2.57. The lowest BCUT2D eigenvalue weighted by atomic mass is 10.00. The molecule has 1 aromatic heterocycles. The first-order chi connectivity index (χ1) is 16.0. The molecule has 0 atom stereocenters. The van der Waals surface area contributed by atoms with Crippen molar-refractivity contribution >= 4 is 38.3 Å². The van der Waals surface area contributed by atoms with Crippen LogP contribution in [0.2, 0.25) is 0 Å². The van der Waals surface area contributed by atoms with Crippen LogP contribution in [0.1, 0.15) is 32.5 Å². The van der Waals surface area contributed by atoms with E-state index in [1.807, 2.05) is 0 Å². The van der Waals surface area contributed by atoms with Crippen LogP contribution in [-0.4, -0.2) is 37.1 Å². The molecule has 2 heterocycles. The number of hydrogen-bond donors (Lipinski definition) is 2. The van der Waals surface area contributed by atoms with E-state index < -0.39 is 15.9 Å². The Labute approximate surface area is 196 Å². The van der Waals surface area contributed by atoms with Gasteiger partial charge in [-0.25, -0.2) is 13.4 Å². The summed E-state index contributed by atoms with van der Waals surface area (Å²) >= 11 is 0. The largest absolute Gasteiger partial charge is 0.381 e. The highest BCUT2D eigenvalue weighted by Crippen LogP contribution is 2.33. The van der Waals surface area contributed by atoms with Crippen molar-refractivity contribution in [3.05, 3.63) is 48.3 Å². The maximum absolute atomic E-state index is 14.4. The number of rotatable bonds is 7. The van der Waals surface area contributed by atoms with Crippen molar-refractivity contribution in [2.45, 2.75) is 44.1 Å². The summed E-state index contributed by atoms with van der Waals surface area (Å²) in [5.74, 6) is -3.57. The third kappa shape index (κ3) is 5.36. The fourth-order valence-corrected chi connectivity index (χ4v) is 5.08. The quantitative estimate of drug-likeness (QED) is 0.511. The number of hydrogen-bond acceptors (Lipinski definition) is 5. The van der Waals surface area contributed by atoms with E-state index in [1.165, 1.54) is 47.9 Å². The number of anilines is 2. The van der Waals surface area contributed by atoms with Crippen LogP contribution in [0.4, 0.5) is 20.2 Å². The molecule has 1 saturated heterocycles. The number of nitrogens with zero attached hydrogens (tertiary/aromatic N) is 2. The van der Waals surface area contributed by atoms with Crippen LogP contribution in [-0.2, 0) is 32.0 Å². The van der Waals surface area contributed by atoms with Gasteiger partial charge < -0.3 is 14.6 Å². The summed E-state index contributed by atoms with van der Waals surface area (Å²) in [4.78, 5) is 15.3. The van der Waals surface area contributed by atoms with Crippen LogP contribution in [0.3, 0.4) is 0 Å². The van der Waals surface area contributed by atoms with Crippen LogP contribution < -0.4 is 10.0 Å². The van der Waals surface area contributed by atoms with E-state index in [1.54, 1.807) is 6.07 Å². The maximum Gasteiger partial charge on any atom is 0.302 e. The van der Waals surface area contributed by atoms with Gasteiger partial charge in [0.2, 0.25) is 5.91 Å². The molecular weight excluding hydrogens is 466 g/mol. The molecule has 0 saturated carbocycles. The van der Waals surface area contributed by atoms with Crippen LogP contribution in [0.25, 0.3) is 11.0 Å². The second-order valence-electron chi connectivity index (χ2n) is 8.50. The molecule has 2 N–H and O–H groups in total. The molecule has 1 aliphatic rings. The molecule has 1 fully saturated rings. The van der Waals surface area contributed by atoms with E-state index >= 15 is 0 Å². The van der Waals surface area contributed by atoms with Gasteiger partial charge in [0.15, 0.2) is 5.82 Å². The lowest BCUT2D eigenvalue weighted by Gasteiger charge is -2.24. The predicted molar refractivity (Wildman–Crippen MR) is 124 cm³/mol. The molecule has 0 unspecified atom stereocenters. The fraction of sp³-hybridized carbons (Fsp3) is 0.391. The SMILES string of the molecule is CC(=O)Nc1ccc(S(=O)(=O)Nc2ccc3c(c2)nc(C(C)(F)F)n3CC2CCOCC2)cc1. The van der Waals surface area contributed by atoms with Crippen LogP contribution in [0.5, 0.6) is 0 Å². The van der Waals surface area contributed by atoms with Gasteiger partial charge in [0, 0.05) is 39.3 Å². The monoisotopic (exact) mass is 492 g/mol. The zero-order chi connectivity index (χ0) is 24.5. The Hall–Kier alpha value is -3.05. The molecule has 2 aromatic carbocycles. The predicted octanol–water partition coefficient (Wildman–Crippen LogP) is 4.33. The van der Waals surface area contributed by atoms with Gasteiger partial charge >= 0.3 is 5.92 Å². The number of imidazole rings is 1. The molecule has 1 amide bonds. The van der Waals surface area contributed by atoms with Gasteiger partial charge in [0.25, 0.3) is 10.0 Å². The van der Waals surface area contributed by atoms with E-state index in [9.17, 15) is 22.0 Å². The highest BCUT2D eigenvalue weighted by molar-refractivity contribution is 7.92. The summed E-state index contributed by atoms with van der Waals surface area (Å²) in [5.41, 5.74) is 1.48. The van der Waals surface area contributed by atoms with Gasteiger partial charge in [0.05, 0.1) is 21.6 Å². The van der Waals surface area contributed by atoms with Crippen molar-refractivity contribution in [3.63, 3.8) is 0 Å². The molecule has 0 aliphatic carbocycles. The van der Waals surface area contributed by atoms with E-state index in [4.69, 9.17) is 4.74 Å². The smallest absolute Gasteiger partial charge is 0.302 e. The maximum atomic E-state index is 14.4. The highest BCUT2D eigenvalue weighted by Gasteiger charge is 2.33. The Morgan fingerprint density at radius 1 is 1.15 bits per heavy atom. The minimum absolute atomic E-state index is 0.00692. The minimum Gasteiger partial charge on any atom is -0.381 e. The van der Waals surface area contributed by atoms with Crippen molar-refractivity contribution in [2.24, 2.45) is 5.92 Å². The van der Waals surface area contributed by atoms with E-state index in [2.05, 4.69) is 15.0 Å². The Morgan fingerprint density at radius 3 is 2.41 bits per heavy atom. The molecule has 4 rings (SSSR count). The Morgan fingerprint density at radius 2 is 1.79 bits per heavy atom. The number of carbonyl (C=O) groups excluding carboxylic acids is 1. The summed E-state index contributed by atoms with van der Waals surface area (Å²) in [6, 6.07) is 10.3. The number of carbonyl (C=O) groups is 1. The molecule has 8 nitrogen and oxygen atoms in total. The number of ether oxygens (including phenoxy) is 1. The first-order valence-electron chi connectivity index (χ1n) is 10.9. The molecule has 34 heavy (non-hydrogen) atoms. The third-order valence-corrected chi connectivity index (χ3v) is 7.06. The average molecular weight is 493 g/mol. The van der Waals surface area contributed by atoms with Crippen molar-refractivity contribution < 1.29 is 26.7 Å². The van der Waals surface area contributed by atoms with Crippen LogP contribution in [0.15, 0.2) is 47.4 Å². The number of nitrogens with one attached hydrogen (secondary N) is 2. The van der Waals surface area contributed by atoms with Gasteiger partial charge in [0.1, 0.15) is 0 Å². The first-order valence-corrected chi connectivity index (χ1v) is 12.4. The standard InChI is InChI=1S/C23H26F2N4O4S/c1-15(30)26-17-3-6-19(7-4-17)34(31,32)28-18-5-8-21-20(13-18)27-22(23(2,24)25)29(21)14-16-9-11-33-12-10-16/h3-8,13,16,28H,9-12,14H2,1-2H3,(H,26,30). The van der Waals surface area contributed by atoms with Crippen molar-refractivity contribution in [1.82, 2.24) is 9.55 Å². The summed E-state index contributed by atoms with van der Waals surface area (Å²) in [6.07, 6.45) is 1.57. The van der Waals surface area contributed by atoms with E-state index in [-0.39, 0.29) is 33.7 Å². The number of sulfonamides is 1. The van der Waals surface area contributed by atoms with E-state index in [0.29, 0.717) is 31.0 Å². The van der Waals surface area contributed by atoms with Gasteiger partial charge in [-0.05, 0) is 61.2 Å². The average Bonchev–Trinajstić information content (AvgIpc) is 3.12. The number of aromatic nitrogens is 2. The molecule has 0 radical (unpaired) electrons.